The van der Waals surface area contributed by atoms with Crippen molar-refractivity contribution in [3.05, 3.63) is 59.1 Å². The molecule has 3 aromatic rings. The second-order valence-electron chi connectivity index (χ2n) is 7.48. The van der Waals surface area contributed by atoms with E-state index in [9.17, 15) is 4.79 Å². The van der Waals surface area contributed by atoms with Crippen LogP contribution in [0, 0.1) is 0 Å². The number of aromatic nitrogens is 2. The zero-order chi connectivity index (χ0) is 23.4. The Morgan fingerprint density at radius 2 is 1.48 bits per heavy atom. The fraction of sp³-hybridized carbons (Fsp3) is 0.292. The molecule has 2 aromatic carbocycles. The first-order valence-electron chi connectivity index (χ1n) is 10.5. The molecule has 9 heteroatoms. The number of piperazine rings is 1. The fourth-order valence-electron chi connectivity index (χ4n) is 3.79. The maximum absolute atomic E-state index is 12.7. The van der Waals surface area contributed by atoms with Gasteiger partial charge >= 0.3 is 0 Å². The van der Waals surface area contributed by atoms with Gasteiger partial charge in [-0.05, 0) is 48.5 Å². The summed E-state index contributed by atoms with van der Waals surface area (Å²) in [7, 11) is 4.72. The van der Waals surface area contributed by atoms with Crippen molar-refractivity contribution in [2.75, 3.05) is 52.4 Å². The minimum Gasteiger partial charge on any atom is -0.493 e. The van der Waals surface area contributed by atoms with Gasteiger partial charge in [0.1, 0.15) is 0 Å². The Morgan fingerprint density at radius 1 is 0.848 bits per heavy atom. The van der Waals surface area contributed by atoms with Crippen molar-refractivity contribution in [1.82, 2.24) is 15.1 Å². The molecule has 0 unspecified atom stereocenters. The Morgan fingerprint density at radius 3 is 2.00 bits per heavy atom. The molecule has 0 spiro atoms. The summed E-state index contributed by atoms with van der Waals surface area (Å²) >= 11 is 5.92. The third kappa shape index (κ3) is 4.80. The Bertz CT molecular complexity index is 1090. The molecule has 0 aliphatic carbocycles. The van der Waals surface area contributed by atoms with Gasteiger partial charge in [-0.15, -0.1) is 10.2 Å². The second kappa shape index (κ2) is 9.95. The molecule has 1 fully saturated rings. The first-order valence-corrected chi connectivity index (χ1v) is 10.9. The molecule has 33 heavy (non-hydrogen) atoms. The van der Waals surface area contributed by atoms with Gasteiger partial charge in [0.15, 0.2) is 17.3 Å². The van der Waals surface area contributed by atoms with Crippen LogP contribution in [0.2, 0.25) is 5.02 Å². The molecular weight excluding hydrogens is 444 g/mol. The van der Waals surface area contributed by atoms with E-state index in [2.05, 4.69) is 15.1 Å². The van der Waals surface area contributed by atoms with Crippen LogP contribution in [0.4, 0.5) is 5.82 Å². The van der Waals surface area contributed by atoms with Gasteiger partial charge in [0.2, 0.25) is 5.75 Å². The quantitative estimate of drug-likeness (QED) is 0.544. The van der Waals surface area contributed by atoms with Crippen molar-refractivity contribution in [2.24, 2.45) is 0 Å². The van der Waals surface area contributed by atoms with E-state index in [1.807, 2.05) is 29.2 Å². The molecule has 0 bridgehead atoms. The molecule has 4 rings (SSSR count). The number of ether oxygens (including phenoxy) is 3. The van der Waals surface area contributed by atoms with Crippen LogP contribution in [-0.4, -0.2) is 68.5 Å². The summed E-state index contributed by atoms with van der Waals surface area (Å²) in [6.07, 6.45) is 0. The summed E-state index contributed by atoms with van der Waals surface area (Å²) in [6.45, 7) is 2.57. The minimum atomic E-state index is 0.00940. The van der Waals surface area contributed by atoms with Gasteiger partial charge in [0, 0.05) is 42.3 Å². The summed E-state index contributed by atoms with van der Waals surface area (Å²) < 4.78 is 16.2. The number of nitrogens with zero attached hydrogens (tertiary/aromatic N) is 4. The lowest BCUT2D eigenvalue weighted by molar-refractivity contribution is 0.0746. The zero-order valence-corrected chi connectivity index (χ0v) is 19.5. The number of anilines is 1. The van der Waals surface area contributed by atoms with Gasteiger partial charge in [-0.2, -0.15) is 0 Å². The van der Waals surface area contributed by atoms with E-state index in [-0.39, 0.29) is 5.91 Å². The zero-order valence-electron chi connectivity index (χ0n) is 18.7. The van der Waals surface area contributed by atoms with Crippen molar-refractivity contribution in [3.8, 4) is 28.5 Å². The maximum Gasteiger partial charge on any atom is 0.253 e. The van der Waals surface area contributed by atoms with Crippen molar-refractivity contribution in [3.63, 3.8) is 0 Å². The van der Waals surface area contributed by atoms with Gasteiger partial charge < -0.3 is 24.0 Å². The molecule has 1 amide bonds. The predicted octanol–water partition coefficient (Wildman–Crippen LogP) is 3.79. The standard InChI is InChI=1S/C24H25ClN4O4/c1-31-20-14-17(15-21(32-2)23(20)33-3)19-8-9-22(27-26-19)28-10-12-29(13-11-28)24(30)16-4-6-18(25)7-5-16/h4-9,14-15H,10-13H2,1-3H3. The topological polar surface area (TPSA) is 77.0 Å². The van der Waals surface area contributed by atoms with Crippen molar-refractivity contribution < 1.29 is 19.0 Å². The van der Waals surface area contributed by atoms with E-state index in [1.54, 1.807) is 45.6 Å². The maximum atomic E-state index is 12.7. The molecule has 1 aliphatic heterocycles. The average Bonchev–Trinajstić information content (AvgIpc) is 2.88. The first kappa shape index (κ1) is 22.7. The van der Waals surface area contributed by atoms with Crippen LogP contribution in [-0.2, 0) is 0 Å². The molecule has 0 N–H and O–H groups in total. The predicted molar refractivity (Wildman–Crippen MR) is 127 cm³/mol. The van der Waals surface area contributed by atoms with Gasteiger partial charge in [-0.3, -0.25) is 4.79 Å². The highest BCUT2D eigenvalue weighted by Crippen LogP contribution is 2.40. The number of amides is 1. The number of rotatable bonds is 6. The van der Waals surface area contributed by atoms with Gasteiger partial charge in [-0.25, -0.2) is 0 Å². The minimum absolute atomic E-state index is 0.00940. The summed E-state index contributed by atoms with van der Waals surface area (Å²) in [5.41, 5.74) is 2.14. The van der Waals surface area contributed by atoms with Crippen LogP contribution in [0.3, 0.4) is 0 Å². The molecule has 1 aliphatic rings. The van der Waals surface area contributed by atoms with Crippen molar-refractivity contribution >= 4 is 23.3 Å². The first-order chi connectivity index (χ1) is 16.0. The highest BCUT2D eigenvalue weighted by molar-refractivity contribution is 6.30. The second-order valence-corrected chi connectivity index (χ2v) is 7.91. The molecule has 8 nitrogen and oxygen atoms in total. The summed E-state index contributed by atoms with van der Waals surface area (Å²) in [5, 5.41) is 9.43. The van der Waals surface area contributed by atoms with Crippen LogP contribution >= 0.6 is 11.6 Å². The lowest BCUT2D eigenvalue weighted by atomic mass is 10.1. The Kier molecular flexibility index (Phi) is 6.84. The van der Waals surface area contributed by atoms with E-state index in [1.165, 1.54) is 0 Å². The van der Waals surface area contributed by atoms with Crippen LogP contribution in [0.25, 0.3) is 11.3 Å². The van der Waals surface area contributed by atoms with Crippen LogP contribution < -0.4 is 19.1 Å². The largest absolute Gasteiger partial charge is 0.493 e. The van der Waals surface area contributed by atoms with Gasteiger partial charge in [0.25, 0.3) is 5.91 Å². The van der Waals surface area contributed by atoms with Crippen LogP contribution in [0.1, 0.15) is 10.4 Å². The molecular formula is C24H25ClN4O4. The molecule has 172 valence electrons. The number of hydrogen-bond donors (Lipinski definition) is 0. The Labute approximate surface area is 197 Å². The molecule has 0 radical (unpaired) electrons. The van der Waals surface area contributed by atoms with E-state index in [0.29, 0.717) is 59.7 Å². The normalized spacial score (nSPS) is 13.6. The van der Waals surface area contributed by atoms with E-state index >= 15 is 0 Å². The summed E-state index contributed by atoms with van der Waals surface area (Å²) in [4.78, 5) is 16.7. The van der Waals surface area contributed by atoms with E-state index in [4.69, 9.17) is 25.8 Å². The molecule has 0 saturated carbocycles. The smallest absolute Gasteiger partial charge is 0.253 e. The van der Waals surface area contributed by atoms with E-state index in [0.717, 1.165) is 11.4 Å². The number of benzene rings is 2. The highest BCUT2D eigenvalue weighted by Gasteiger charge is 2.23. The molecule has 1 saturated heterocycles. The lowest BCUT2D eigenvalue weighted by Crippen LogP contribution is -2.49. The van der Waals surface area contributed by atoms with E-state index < -0.39 is 0 Å². The Hall–Kier alpha value is -3.52. The van der Waals surface area contributed by atoms with Crippen LogP contribution in [0.15, 0.2) is 48.5 Å². The fourth-order valence-corrected chi connectivity index (χ4v) is 3.92. The molecule has 1 aromatic heterocycles. The summed E-state index contributed by atoms with van der Waals surface area (Å²) in [5.74, 6) is 2.41. The molecule has 0 atom stereocenters. The molecule has 2 heterocycles. The van der Waals surface area contributed by atoms with Gasteiger partial charge in [-0.1, -0.05) is 11.6 Å². The van der Waals surface area contributed by atoms with Crippen LogP contribution in [0.5, 0.6) is 17.2 Å². The number of carbonyl (C=O) groups is 1. The van der Waals surface area contributed by atoms with Crippen molar-refractivity contribution in [2.45, 2.75) is 0 Å². The SMILES string of the molecule is COc1cc(-c2ccc(N3CCN(C(=O)c4ccc(Cl)cc4)CC3)nn2)cc(OC)c1OC. The van der Waals surface area contributed by atoms with Crippen molar-refractivity contribution in [1.29, 1.82) is 0 Å². The number of hydrogen-bond acceptors (Lipinski definition) is 7. The highest BCUT2D eigenvalue weighted by atomic mass is 35.5. The Balaban J connectivity index is 1.44. The third-order valence-corrected chi connectivity index (χ3v) is 5.84. The number of halogens is 1. The monoisotopic (exact) mass is 468 g/mol. The lowest BCUT2D eigenvalue weighted by Gasteiger charge is -2.35. The summed E-state index contributed by atoms with van der Waals surface area (Å²) in [6, 6.07) is 14.5. The number of methoxy groups -OCH3 is 3. The van der Waals surface area contributed by atoms with Gasteiger partial charge in [0.05, 0.1) is 27.0 Å². The number of carbonyl (C=O) groups excluding carboxylic acids is 1. The average molecular weight is 469 g/mol. The third-order valence-electron chi connectivity index (χ3n) is 5.59.